The summed E-state index contributed by atoms with van der Waals surface area (Å²) in [6.07, 6.45) is -6.45. The number of alkyl halides is 9. The van der Waals surface area contributed by atoms with Gasteiger partial charge < -0.3 is 4.90 Å². The average molecular weight is 359 g/mol. The second-order valence-corrected chi connectivity index (χ2v) is 5.88. The number of carbonyl (C=O) groups excluding carboxylic acids is 1. The Labute approximate surface area is 125 Å². The van der Waals surface area contributed by atoms with Gasteiger partial charge in [-0.15, -0.1) is 0 Å². The number of rotatable bonds is 3. The molecule has 1 fully saturated rings. The molecule has 1 saturated heterocycles. The highest BCUT2D eigenvalue weighted by Gasteiger charge is 2.84. The number of piperidine rings is 1. The summed E-state index contributed by atoms with van der Waals surface area (Å²) in [5, 5.41) is 0. The van der Waals surface area contributed by atoms with Crippen LogP contribution in [0.15, 0.2) is 0 Å². The molecule has 0 spiro atoms. The maximum Gasteiger partial charge on any atom is 0.460 e. The highest BCUT2D eigenvalue weighted by atomic mass is 19.4. The summed E-state index contributed by atoms with van der Waals surface area (Å²) >= 11 is 0. The second kappa shape index (κ2) is 5.73. The molecule has 2 nitrogen and oxygen atoms in total. The van der Waals surface area contributed by atoms with E-state index in [9.17, 15) is 44.3 Å². The molecule has 0 aromatic carbocycles. The van der Waals surface area contributed by atoms with Gasteiger partial charge in [0.2, 0.25) is 0 Å². The van der Waals surface area contributed by atoms with E-state index in [0.29, 0.717) is 6.42 Å². The van der Waals surface area contributed by atoms with Gasteiger partial charge >= 0.3 is 23.9 Å². The molecule has 2 unspecified atom stereocenters. The molecule has 0 aliphatic carbocycles. The van der Waals surface area contributed by atoms with Gasteiger partial charge in [0.15, 0.2) is 0 Å². The summed E-state index contributed by atoms with van der Waals surface area (Å²) in [6.45, 7) is 2.17. The van der Waals surface area contributed by atoms with Crippen LogP contribution in [-0.4, -0.2) is 47.8 Å². The molecule has 0 saturated carbocycles. The molecule has 0 N–H and O–H groups in total. The first-order valence-electron chi connectivity index (χ1n) is 6.55. The minimum absolute atomic E-state index is 0.208. The smallest absolute Gasteiger partial charge is 0.337 e. The van der Waals surface area contributed by atoms with Crippen molar-refractivity contribution in [3.8, 4) is 0 Å². The van der Waals surface area contributed by atoms with E-state index in [4.69, 9.17) is 0 Å². The second-order valence-electron chi connectivity index (χ2n) is 5.88. The van der Waals surface area contributed by atoms with Gasteiger partial charge in [0.1, 0.15) is 0 Å². The number of hydrogen-bond donors (Lipinski definition) is 0. The molecular weight excluding hydrogens is 345 g/mol. The predicted octanol–water partition coefficient (Wildman–Crippen LogP) is 3.96. The van der Waals surface area contributed by atoms with Crippen LogP contribution in [0.5, 0.6) is 0 Å². The Morgan fingerprint density at radius 3 is 1.57 bits per heavy atom. The van der Waals surface area contributed by atoms with Crippen molar-refractivity contribution in [2.75, 3.05) is 13.1 Å². The highest BCUT2D eigenvalue weighted by molar-refractivity contribution is 5.85. The fourth-order valence-corrected chi connectivity index (χ4v) is 2.54. The van der Waals surface area contributed by atoms with Crippen molar-refractivity contribution in [3.63, 3.8) is 0 Å². The number of carbonyl (C=O) groups is 1. The molecule has 1 aliphatic rings. The Morgan fingerprint density at radius 1 is 0.826 bits per heavy atom. The largest absolute Gasteiger partial charge is 0.460 e. The zero-order valence-corrected chi connectivity index (χ0v) is 12.0. The van der Waals surface area contributed by atoms with E-state index in [-0.39, 0.29) is 16.7 Å². The maximum absolute atomic E-state index is 13.5. The van der Waals surface area contributed by atoms with Crippen LogP contribution in [0.1, 0.15) is 20.3 Å². The fraction of sp³-hybridized carbons (Fsp3) is 0.917. The van der Waals surface area contributed by atoms with Crippen LogP contribution < -0.4 is 0 Å². The first-order chi connectivity index (χ1) is 10.1. The summed E-state index contributed by atoms with van der Waals surface area (Å²) in [6, 6.07) is 0. The number of amides is 1. The van der Waals surface area contributed by atoms with Crippen LogP contribution >= 0.6 is 0 Å². The number of likely N-dealkylation sites (tertiary alicyclic amines) is 1. The SMILES string of the molecule is CC1CC(C)CN(C(=O)C(F)(F)C(F)(F)C(F)(F)C(F)(F)F)C1. The monoisotopic (exact) mass is 359 g/mol. The van der Waals surface area contributed by atoms with E-state index in [2.05, 4.69) is 0 Å². The first-order valence-corrected chi connectivity index (χ1v) is 6.55. The molecule has 1 heterocycles. The molecule has 0 aromatic heterocycles. The Kier molecular flexibility index (Phi) is 4.95. The minimum Gasteiger partial charge on any atom is -0.337 e. The van der Waals surface area contributed by atoms with Crippen molar-refractivity contribution in [2.24, 2.45) is 11.8 Å². The van der Waals surface area contributed by atoms with E-state index >= 15 is 0 Å². The number of nitrogens with zero attached hydrogens (tertiary/aromatic N) is 1. The number of halogens is 9. The Balaban J connectivity index is 3.15. The first kappa shape index (κ1) is 19.9. The molecule has 1 amide bonds. The van der Waals surface area contributed by atoms with Crippen molar-refractivity contribution >= 4 is 5.91 Å². The third-order valence-electron chi connectivity index (χ3n) is 3.57. The molecule has 23 heavy (non-hydrogen) atoms. The van der Waals surface area contributed by atoms with Crippen LogP contribution in [-0.2, 0) is 4.79 Å². The highest BCUT2D eigenvalue weighted by Crippen LogP contribution is 2.53. The summed E-state index contributed by atoms with van der Waals surface area (Å²) in [5.41, 5.74) is 0. The third kappa shape index (κ3) is 3.23. The predicted molar refractivity (Wildman–Crippen MR) is 60.4 cm³/mol. The Morgan fingerprint density at radius 2 is 1.22 bits per heavy atom. The van der Waals surface area contributed by atoms with Gasteiger partial charge in [0.25, 0.3) is 5.91 Å². The van der Waals surface area contributed by atoms with Crippen molar-refractivity contribution in [1.29, 1.82) is 0 Å². The zero-order valence-electron chi connectivity index (χ0n) is 12.0. The molecule has 0 radical (unpaired) electrons. The van der Waals surface area contributed by atoms with E-state index < -0.39 is 42.9 Å². The summed E-state index contributed by atoms with van der Waals surface area (Å²) in [4.78, 5) is 11.7. The molecule has 0 aromatic rings. The van der Waals surface area contributed by atoms with Crippen LogP contribution in [0, 0.1) is 11.8 Å². The molecule has 11 heteroatoms. The Hall–Kier alpha value is -1.16. The van der Waals surface area contributed by atoms with Gasteiger partial charge in [-0.05, 0) is 18.3 Å². The quantitative estimate of drug-likeness (QED) is 0.699. The summed E-state index contributed by atoms with van der Waals surface area (Å²) < 4.78 is 115. The van der Waals surface area contributed by atoms with Crippen LogP contribution in [0.2, 0.25) is 0 Å². The van der Waals surface area contributed by atoms with Crippen molar-refractivity contribution in [3.05, 3.63) is 0 Å². The van der Waals surface area contributed by atoms with E-state index in [1.807, 2.05) is 0 Å². The lowest BCUT2D eigenvalue weighted by atomic mass is 9.91. The van der Waals surface area contributed by atoms with Crippen LogP contribution in [0.4, 0.5) is 39.5 Å². The van der Waals surface area contributed by atoms with Crippen molar-refractivity contribution in [1.82, 2.24) is 4.90 Å². The van der Waals surface area contributed by atoms with Crippen LogP contribution in [0.3, 0.4) is 0 Å². The molecule has 1 rings (SSSR count). The molecule has 1 aliphatic heterocycles. The van der Waals surface area contributed by atoms with Gasteiger partial charge in [-0.25, -0.2) is 0 Å². The molecule has 2 atom stereocenters. The van der Waals surface area contributed by atoms with Crippen LogP contribution in [0.25, 0.3) is 0 Å². The van der Waals surface area contributed by atoms with Gasteiger partial charge in [0, 0.05) is 13.1 Å². The Bertz CT molecular complexity index is 450. The lowest BCUT2D eigenvalue weighted by Gasteiger charge is -2.39. The van der Waals surface area contributed by atoms with E-state index in [1.54, 1.807) is 0 Å². The van der Waals surface area contributed by atoms with Crippen molar-refractivity contribution in [2.45, 2.75) is 44.2 Å². The zero-order chi connectivity index (χ0) is 18.4. The standard InChI is InChI=1S/C12H14F9NO/c1-6-3-7(2)5-22(4-6)8(23)9(13,14)10(15,16)11(17,18)12(19,20)21/h6-7H,3-5H2,1-2H3. The van der Waals surface area contributed by atoms with E-state index in [0.717, 1.165) is 0 Å². The van der Waals surface area contributed by atoms with E-state index in [1.165, 1.54) is 13.8 Å². The lowest BCUT2D eigenvalue weighted by molar-refractivity contribution is -0.389. The summed E-state index contributed by atoms with van der Waals surface area (Å²) in [7, 11) is 0. The lowest BCUT2D eigenvalue weighted by Crippen LogP contribution is -2.66. The third-order valence-corrected chi connectivity index (χ3v) is 3.57. The number of hydrogen-bond acceptors (Lipinski definition) is 1. The molecular formula is C12H14F9NO. The molecule has 136 valence electrons. The van der Waals surface area contributed by atoms with Gasteiger partial charge in [0.05, 0.1) is 0 Å². The topological polar surface area (TPSA) is 20.3 Å². The van der Waals surface area contributed by atoms with Gasteiger partial charge in [-0.2, -0.15) is 39.5 Å². The maximum atomic E-state index is 13.5. The van der Waals surface area contributed by atoms with Gasteiger partial charge in [-0.1, -0.05) is 13.8 Å². The van der Waals surface area contributed by atoms with Gasteiger partial charge in [-0.3, -0.25) is 4.79 Å². The minimum atomic E-state index is -7.05. The fourth-order valence-electron chi connectivity index (χ4n) is 2.54. The normalized spacial score (nSPS) is 24.7. The average Bonchev–Trinajstić information content (AvgIpc) is 2.34. The summed E-state index contributed by atoms with van der Waals surface area (Å²) in [5.74, 6) is -23.6. The molecule has 0 bridgehead atoms. The van der Waals surface area contributed by atoms with Crippen molar-refractivity contribution < 1.29 is 44.3 Å².